The summed E-state index contributed by atoms with van der Waals surface area (Å²) in [5, 5.41) is 9.72. The number of hydrogen-bond donors (Lipinski definition) is 2. The summed E-state index contributed by atoms with van der Waals surface area (Å²) in [6.45, 7) is 7.04. The van der Waals surface area contributed by atoms with Crippen molar-refractivity contribution >= 4 is 5.82 Å². The van der Waals surface area contributed by atoms with Crippen molar-refractivity contribution in [2.24, 2.45) is 0 Å². The third-order valence-corrected chi connectivity index (χ3v) is 2.82. The highest BCUT2D eigenvalue weighted by molar-refractivity contribution is 5.39. The minimum atomic E-state index is -0.334. The first-order chi connectivity index (χ1) is 9.96. The number of nitrogens with one attached hydrogen (secondary N) is 2. The molecule has 0 saturated carbocycles. The average Bonchev–Trinajstić information content (AvgIpc) is 2.91. The van der Waals surface area contributed by atoms with Crippen molar-refractivity contribution in [3.63, 3.8) is 0 Å². The van der Waals surface area contributed by atoms with Gasteiger partial charge in [0.2, 0.25) is 5.89 Å². The Balaban J connectivity index is 1.93. The molecule has 0 radical (unpaired) electrons. The lowest BCUT2D eigenvalue weighted by Crippen LogP contribution is -2.35. The van der Waals surface area contributed by atoms with E-state index in [0.29, 0.717) is 31.0 Å². The molecule has 6 nitrogen and oxygen atoms in total. The zero-order valence-electron chi connectivity index (χ0n) is 12.5. The number of rotatable bonds is 6. The van der Waals surface area contributed by atoms with E-state index < -0.39 is 0 Å². The predicted molar refractivity (Wildman–Crippen MR) is 77.3 cm³/mol. The molecule has 114 valence electrons. The molecule has 21 heavy (non-hydrogen) atoms. The Morgan fingerprint density at radius 1 is 1.29 bits per heavy atom. The van der Waals surface area contributed by atoms with Gasteiger partial charge >= 0.3 is 0 Å². The third-order valence-electron chi connectivity index (χ3n) is 2.82. The van der Waals surface area contributed by atoms with Gasteiger partial charge in [0.1, 0.15) is 0 Å². The predicted octanol–water partition coefficient (Wildman–Crippen LogP) is 2.15. The van der Waals surface area contributed by atoms with E-state index >= 15 is 0 Å². The summed E-state index contributed by atoms with van der Waals surface area (Å²) in [5.74, 6) is 0.413. The van der Waals surface area contributed by atoms with Gasteiger partial charge < -0.3 is 15.2 Å². The first kappa shape index (κ1) is 15.4. The van der Waals surface area contributed by atoms with Crippen LogP contribution in [-0.4, -0.2) is 27.2 Å². The molecule has 2 heterocycles. The van der Waals surface area contributed by atoms with E-state index in [0.717, 1.165) is 0 Å². The van der Waals surface area contributed by atoms with Gasteiger partial charge in [-0.1, -0.05) is 5.16 Å². The van der Waals surface area contributed by atoms with Crippen LogP contribution in [-0.2, 0) is 13.0 Å². The molecule has 2 aromatic rings. The maximum atomic E-state index is 14.3. The van der Waals surface area contributed by atoms with E-state index in [1.54, 1.807) is 12.3 Å². The molecule has 0 unspecified atom stereocenters. The first-order valence-electron chi connectivity index (χ1n) is 6.83. The smallest absolute Gasteiger partial charge is 0.228 e. The Kier molecular flexibility index (Phi) is 4.85. The van der Waals surface area contributed by atoms with Gasteiger partial charge in [-0.3, -0.25) is 0 Å². The maximum Gasteiger partial charge on any atom is 0.228 e. The van der Waals surface area contributed by atoms with Crippen molar-refractivity contribution in [1.82, 2.24) is 20.4 Å². The molecule has 7 heteroatoms. The van der Waals surface area contributed by atoms with Crippen LogP contribution in [0.25, 0.3) is 0 Å². The number of halogens is 1. The molecule has 0 bridgehead atoms. The van der Waals surface area contributed by atoms with Gasteiger partial charge in [-0.25, -0.2) is 9.37 Å². The Morgan fingerprint density at radius 3 is 2.76 bits per heavy atom. The fourth-order valence-electron chi connectivity index (χ4n) is 1.70. The molecule has 0 fully saturated rings. The summed E-state index contributed by atoms with van der Waals surface area (Å²) < 4.78 is 19.2. The number of aromatic nitrogens is 3. The Hall–Kier alpha value is -2.02. The van der Waals surface area contributed by atoms with E-state index in [-0.39, 0.29) is 17.2 Å². The average molecular weight is 293 g/mol. The van der Waals surface area contributed by atoms with Crippen LogP contribution in [0.4, 0.5) is 10.2 Å². The fraction of sp³-hybridized carbons (Fsp3) is 0.500. The molecule has 0 saturated heterocycles. The van der Waals surface area contributed by atoms with Crippen LogP contribution in [0.3, 0.4) is 0 Å². The highest BCUT2D eigenvalue weighted by atomic mass is 19.1. The molecule has 0 atom stereocenters. The maximum absolute atomic E-state index is 14.3. The molecule has 0 aliphatic carbocycles. The second-order valence-electron chi connectivity index (χ2n) is 5.75. The summed E-state index contributed by atoms with van der Waals surface area (Å²) >= 11 is 0. The quantitative estimate of drug-likeness (QED) is 0.850. The summed E-state index contributed by atoms with van der Waals surface area (Å²) in [5.41, 5.74) is 0.515. The van der Waals surface area contributed by atoms with Crippen LogP contribution >= 0.6 is 0 Å². The Labute approximate surface area is 123 Å². The summed E-state index contributed by atoms with van der Waals surface area (Å²) in [6, 6.07) is 1.68. The molecule has 0 aliphatic rings. The summed E-state index contributed by atoms with van der Waals surface area (Å²) in [4.78, 5) is 7.92. The number of anilines is 1. The minimum absolute atomic E-state index is 0.0682. The van der Waals surface area contributed by atoms with Crippen molar-refractivity contribution in [2.45, 2.75) is 39.3 Å². The monoisotopic (exact) mass is 293 g/mol. The molecular formula is C14H20FN5O. The molecule has 0 aromatic carbocycles. The van der Waals surface area contributed by atoms with Crippen LogP contribution in [0.15, 0.2) is 23.1 Å². The van der Waals surface area contributed by atoms with Gasteiger partial charge in [-0.15, -0.1) is 0 Å². The Morgan fingerprint density at radius 2 is 2.10 bits per heavy atom. The van der Waals surface area contributed by atoms with Crippen LogP contribution in [0.5, 0.6) is 0 Å². The third kappa shape index (κ3) is 4.78. The zero-order chi connectivity index (χ0) is 15.3. The highest BCUT2D eigenvalue weighted by Gasteiger charge is 2.13. The van der Waals surface area contributed by atoms with E-state index in [9.17, 15) is 4.39 Å². The fourth-order valence-corrected chi connectivity index (χ4v) is 1.70. The van der Waals surface area contributed by atoms with Crippen LogP contribution in [0, 0.1) is 5.82 Å². The van der Waals surface area contributed by atoms with E-state index in [1.807, 2.05) is 20.8 Å². The zero-order valence-corrected chi connectivity index (χ0v) is 12.5. The molecule has 0 amide bonds. The minimum Gasteiger partial charge on any atom is -0.367 e. The summed E-state index contributed by atoms with van der Waals surface area (Å²) in [6.07, 6.45) is 3.45. The molecule has 0 spiro atoms. The lowest BCUT2D eigenvalue weighted by atomic mass is 10.1. The number of nitrogens with zero attached hydrogens (tertiary/aromatic N) is 3. The largest absolute Gasteiger partial charge is 0.367 e. The molecule has 2 rings (SSSR count). The van der Waals surface area contributed by atoms with Crippen molar-refractivity contribution in [1.29, 1.82) is 0 Å². The van der Waals surface area contributed by atoms with E-state index in [2.05, 4.69) is 25.8 Å². The van der Waals surface area contributed by atoms with Crippen molar-refractivity contribution in [2.75, 3.05) is 11.9 Å². The topological polar surface area (TPSA) is 75.9 Å². The second-order valence-corrected chi connectivity index (χ2v) is 5.75. The lowest BCUT2D eigenvalue weighted by Gasteiger charge is -2.21. The van der Waals surface area contributed by atoms with Crippen molar-refractivity contribution in [3.05, 3.63) is 35.9 Å². The molecule has 2 N–H and O–H groups in total. The normalized spacial score (nSPS) is 11.6. The molecule has 0 aliphatic heterocycles. The SMILES string of the molecule is CC(C)(C)NCc1ccnc(NCCc2ncno2)c1F. The van der Waals surface area contributed by atoms with Crippen LogP contribution < -0.4 is 10.6 Å². The first-order valence-corrected chi connectivity index (χ1v) is 6.83. The second kappa shape index (κ2) is 6.62. The van der Waals surface area contributed by atoms with Crippen LogP contribution in [0.2, 0.25) is 0 Å². The van der Waals surface area contributed by atoms with Crippen molar-refractivity contribution < 1.29 is 8.91 Å². The van der Waals surface area contributed by atoms with E-state index in [1.165, 1.54) is 6.33 Å². The van der Waals surface area contributed by atoms with Gasteiger partial charge in [-0.05, 0) is 26.8 Å². The summed E-state index contributed by atoms with van der Waals surface area (Å²) in [7, 11) is 0. The molecular weight excluding hydrogens is 273 g/mol. The van der Waals surface area contributed by atoms with Gasteiger partial charge in [0.25, 0.3) is 0 Å². The number of hydrogen-bond acceptors (Lipinski definition) is 6. The number of pyridine rings is 1. The van der Waals surface area contributed by atoms with Gasteiger partial charge in [0.05, 0.1) is 0 Å². The lowest BCUT2D eigenvalue weighted by molar-refractivity contribution is 0.379. The van der Waals surface area contributed by atoms with Crippen LogP contribution in [0.1, 0.15) is 32.2 Å². The Bertz CT molecular complexity index is 565. The van der Waals surface area contributed by atoms with Crippen molar-refractivity contribution in [3.8, 4) is 0 Å². The van der Waals surface area contributed by atoms with Gasteiger partial charge in [-0.2, -0.15) is 4.98 Å². The standard InChI is InChI=1S/C14H20FN5O/c1-14(2,3)19-8-10-4-6-16-13(12(10)15)17-7-5-11-18-9-20-21-11/h4,6,9,19H,5,7-8H2,1-3H3,(H,16,17). The van der Waals surface area contributed by atoms with Gasteiger partial charge in [0.15, 0.2) is 18.0 Å². The van der Waals surface area contributed by atoms with Gasteiger partial charge in [0, 0.05) is 36.8 Å². The molecule has 2 aromatic heterocycles. The highest BCUT2D eigenvalue weighted by Crippen LogP contribution is 2.16. The van der Waals surface area contributed by atoms with E-state index in [4.69, 9.17) is 4.52 Å².